The Balaban J connectivity index is 1.58. The first-order chi connectivity index (χ1) is 10.8. The molecule has 0 saturated carbocycles. The van der Waals surface area contributed by atoms with Crippen molar-refractivity contribution in [2.45, 2.75) is 6.61 Å². The maximum Gasteiger partial charge on any atom is 0.297 e. The molecule has 3 rings (SSSR count). The fourth-order valence-corrected chi connectivity index (χ4v) is 1.93. The number of hydrogen-bond acceptors (Lipinski definition) is 4. The van der Waals surface area contributed by atoms with Gasteiger partial charge >= 0.3 is 0 Å². The highest BCUT2D eigenvalue weighted by Crippen LogP contribution is 2.19. The van der Waals surface area contributed by atoms with E-state index in [-0.39, 0.29) is 12.3 Å². The lowest BCUT2D eigenvalue weighted by molar-refractivity contribution is 0.0226. The number of carbonyl (C=O) groups excluding carboxylic acids is 1. The Morgan fingerprint density at radius 1 is 1.05 bits per heavy atom. The number of aromatic nitrogens is 1. The lowest BCUT2D eigenvalue weighted by Crippen LogP contribution is -2.23. The molecule has 1 amide bonds. The van der Waals surface area contributed by atoms with Crippen LogP contribution in [0.4, 0.5) is 0 Å². The van der Waals surface area contributed by atoms with E-state index in [0.29, 0.717) is 5.76 Å². The van der Waals surface area contributed by atoms with Crippen LogP contribution in [0.25, 0.3) is 11.3 Å². The molecule has 22 heavy (non-hydrogen) atoms. The molecule has 0 aliphatic rings. The summed E-state index contributed by atoms with van der Waals surface area (Å²) >= 11 is 0. The lowest BCUT2D eigenvalue weighted by atomic mass is 10.2. The quantitative estimate of drug-likeness (QED) is 0.734. The van der Waals surface area contributed by atoms with Gasteiger partial charge in [0, 0.05) is 11.6 Å². The van der Waals surface area contributed by atoms with E-state index in [1.807, 2.05) is 60.7 Å². The zero-order chi connectivity index (χ0) is 15.2. The van der Waals surface area contributed by atoms with E-state index in [0.717, 1.165) is 11.1 Å². The Kier molecular flexibility index (Phi) is 4.27. The van der Waals surface area contributed by atoms with Crippen molar-refractivity contribution >= 4 is 5.91 Å². The maximum atomic E-state index is 11.9. The van der Waals surface area contributed by atoms with Crippen LogP contribution < -0.4 is 5.48 Å². The Bertz CT molecular complexity index is 739. The molecule has 5 nitrogen and oxygen atoms in total. The summed E-state index contributed by atoms with van der Waals surface area (Å²) in [6.45, 7) is 0.288. The predicted octanol–water partition coefficient (Wildman–Crippen LogP) is 3.20. The van der Waals surface area contributed by atoms with E-state index < -0.39 is 5.91 Å². The minimum absolute atomic E-state index is 0.173. The molecule has 110 valence electrons. The molecule has 0 spiro atoms. The maximum absolute atomic E-state index is 11.9. The van der Waals surface area contributed by atoms with Gasteiger partial charge in [-0.05, 0) is 5.56 Å². The van der Waals surface area contributed by atoms with Gasteiger partial charge in [-0.25, -0.2) is 5.48 Å². The molecule has 0 radical (unpaired) electrons. The smallest absolute Gasteiger partial charge is 0.297 e. The number of rotatable bonds is 5. The summed E-state index contributed by atoms with van der Waals surface area (Å²) < 4.78 is 5.17. The topological polar surface area (TPSA) is 64.4 Å². The number of benzene rings is 2. The summed E-state index contributed by atoms with van der Waals surface area (Å²) in [4.78, 5) is 17.1. The Hall–Kier alpha value is -2.92. The second kappa shape index (κ2) is 6.69. The monoisotopic (exact) mass is 294 g/mol. The van der Waals surface area contributed by atoms with Crippen molar-refractivity contribution in [2.24, 2.45) is 0 Å². The second-order valence-electron chi connectivity index (χ2n) is 4.65. The van der Waals surface area contributed by atoms with Crippen molar-refractivity contribution in [3.8, 4) is 11.3 Å². The standard InChI is InChI=1S/C17H14N2O3/c20-17(19-21-12-13-7-3-1-4-8-13)15-11-16(22-18-15)14-9-5-2-6-10-14/h1-11H,12H2,(H,19,20). The van der Waals surface area contributed by atoms with E-state index in [4.69, 9.17) is 9.36 Å². The SMILES string of the molecule is O=C(NOCc1ccccc1)c1cc(-c2ccccc2)on1. The number of hydroxylamine groups is 1. The van der Waals surface area contributed by atoms with Crippen LogP contribution in [0.5, 0.6) is 0 Å². The zero-order valence-electron chi connectivity index (χ0n) is 11.7. The molecule has 0 unspecified atom stereocenters. The molecule has 1 heterocycles. The lowest BCUT2D eigenvalue weighted by Gasteiger charge is -2.03. The van der Waals surface area contributed by atoms with E-state index in [1.165, 1.54) is 0 Å². The van der Waals surface area contributed by atoms with Crippen molar-refractivity contribution < 1.29 is 14.2 Å². The summed E-state index contributed by atoms with van der Waals surface area (Å²) in [5.41, 5.74) is 4.35. The van der Waals surface area contributed by atoms with Crippen molar-refractivity contribution in [1.82, 2.24) is 10.6 Å². The molecular formula is C17H14N2O3. The average Bonchev–Trinajstić information content (AvgIpc) is 3.07. The fraction of sp³-hybridized carbons (Fsp3) is 0.0588. The molecule has 2 aromatic carbocycles. The van der Waals surface area contributed by atoms with Gasteiger partial charge in [0.15, 0.2) is 11.5 Å². The first-order valence-electron chi connectivity index (χ1n) is 6.81. The fourth-order valence-electron chi connectivity index (χ4n) is 1.93. The number of nitrogens with one attached hydrogen (secondary N) is 1. The average molecular weight is 294 g/mol. The Morgan fingerprint density at radius 3 is 2.45 bits per heavy atom. The third-order valence-corrected chi connectivity index (χ3v) is 3.05. The van der Waals surface area contributed by atoms with Gasteiger partial charge in [0.1, 0.15) is 0 Å². The van der Waals surface area contributed by atoms with Gasteiger partial charge in [-0.2, -0.15) is 0 Å². The Morgan fingerprint density at radius 2 is 1.73 bits per heavy atom. The van der Waals surface area contributed by atoms with Crippen LogP contribution >= 0.6 is 0 Å². The first kappa shape index (κ1) is 14.0. The third kappa shape index (κ3) is 3.39. The van der Waals surface area contributed by atoms with E-state index in [9.17, 15) is 4.79 Å². The van der Waals surface area contributed by atoms with Crippen LogP contribution in [0.15, 0.2) is 71.3 Å². The van der Waals surface area contributed by atoms with Crippen molar-refractivity contribution in [3.05, 3.63) is 78.0 Å². The minimum Gasteiger partial charge on any atom is -0.355 e. The number of hydrogen-bond donors (Lipinski definition) is 1. The second-order valence-corrected chi connectivity index (χ2v) is 4.65. The summed E-state index contributed by atoms with van der Waals surface area (Å²) in [5, 5.41) is 3.75. The highest BCUT2D eigenvalue weighted by molar-refractivity contribution is 5.92. The third-order valence-electron chi connectivity index (χ3n) is 3.05. The predicted molar refractivity (Wildman–Crippen MR) is 80.6 cm³/mol. The van der Waals surface area contributed by atoms with Gasteiger partial charge < -0.3 is 4.52 Å². The number of nitrogens with zero attached hydrogens (tertiary/aromatic N) is 1. The van der Waals surface area contributed by atoms with Crippen LogP contribution in [0.2, 0.25) is 0 Å². The number of amides is 1. The number of carbonyl (C=O) groups is 1. The van der Waals surface area contributed by atoms with Gasteiger partial charge in [-0.3, -0.25) is 9.63 Å². The van der Waals surface area contributed by atoms with Crippen LogP contribution in [0.1, 0.15) is 16.1 Å². The molecule has 0 saturated heterocycles. The van der Waals surface area contributed by atoms with Crippen LogP contribution in [-0.4, -0.2) is 11.1 Å². The molecule has 3 aromatic rings. The van der Waals surface area contributed by atoms with Crippen LogP contribution in [0, 0.1) is 0 Å². The molecule has 0 aliphatic carbocycles. The van der Waals surface area contributed by atoms with Crippen LogP contribution in [0.3, 0.4) is 0 Å². The first-order valence-corrected chi connectivity index (χ1v) is 6.81. The molecule has 0 aliphatic heterocycles. The zero-order valence-corrected chi connectivity index (χ0v) is 11.7. The molecule has 1 aromatic heterocycles. The molecule has 5 heteroatoms. The van der Waals surface area contributed by atoms with Gasteiger partial charge in [0.2, 0.25) is 0 Å². The molecule has 1 N–H and O–H groups in total. The largest absolute Gasteiger partial charge is 0.355 e. The molecule has 0 bridgehead atoms. The van der Waals surface area contributed by atoms with E-state index in [1.54, 1.807) is 6.07 Å². The summed E-state index contributed by atoms with van der Waals surface area (Å²) in [6, 6.07) is 20.6. The van der Waals surface area contributed by atoms with Crippen LogP contribution in [-0.2, 0) is 11.4 Å². The van der Waals surface area contributed by atoms with Crippen molar-refractivity contribution in [2.75, 3.05) is 0 Å². The van der Waals surface area contributed by atoms with E-state index >= 15 is 0 Å². The Labute approximate surface area is 127 Å². The minimum atomic E-state index is -0.443. The van der Waals surface area contributed by atoms with Gasteiger partial charge in [-0.15, -0.1) is 0 Å². The highest BCUT2D eigenvalue weighted by atomic mass is 16.7. The van der Waals surface area contributed by atoms with E-state index in [2.05, 4.69) is 10.6 Å². The van der Waals surface area contributed by atoms with Crippen molar-refractivity contribution in [3.63, 3.8) is 0 Å². The summed E-state index contributed by atoms with van der Waals surface area (Å²) in [5.74, 6) is 0.0932. The van der Waals surface area contributed by atoms with Gasteiger partial charge in [0.05, 0.1) is 6.61 Å². The van der Waals surface area contributed by atoms with Gasteiger partial charge in [0.25, 0.3) is 5.91 Å². The molecule has 0 atom stereocenters. The highest BCUT2D eigenvalue weighted by Gasteiger charge is 2.13. The van der Waals surface area contributed by atoms with Gasteiger partial charge in [-0.1, -0.05) is 65.8 Å². The summed E-state index contributed by atoms with van der Waals surface area (Å²) in [7, 11) is 0. The summed E-state index contributed by atoms with van der Waals surface area (Å²) in [6.07, 6.45) is 0. The van der Waals surface area contributed by atoms with Crippen molar-refractivity contribution in [1.29, 1.82) is 0 Å². The molecular weight excluding hydrogens is 280 g/mol. The molecule has 0 fully saturated rings. The normalized spacial score (nSPS) is 10.4.